The molecule has 7 heteroatoms. The predicted octanol–water partition coefficient (Wildman–Crippen LogP) is 3.39. The number of pyridine rings is 2. The van der Waals surface area contributed by atoms with Gasteiger partial charge in [-0.05, 0) is 12.5 Å². The number of benzene rings is 1. The van der Waals surface area contributed by atoms with Crippen LogP contribution < -0.4 is 10.5 Å². The van der Waals surface area contributed by atoms with Gasteiger partial charge in [0.25, 0.3) is 5.91 Å². The summed E-state index contributed by atoms with van der Waals surface area (Å²) in [5.41, 5.74) is 9.81. The molecule has 1 aromatic carbocycles. The van der Waals surface area contributed by atoms with Crippen molar-refractivity contribution in [3.8, 4) is 17.0 Å². The molecule has 0 saturated heterocycles. The van der Waals surface area contributed by atoms with Gasteiger partial charge >= 0.3 is 0 Å². The van der Waals surface area contributed by atoms with E-state index in [1.165, 1.54) is 19.4 Å². The first-order valence-corrected chi connectivity index (χ1v) is 8.75. The number of para-hydroxylation sites is 1. The molecule has 0 radical (unpaired) electrons. The van der Waals surface area contributed by atoms with E-state index < -0.39 is 5.82 Å². The second kappa shape index (κ2) is 6.50. The lowest BCUT2D eigenvalue weighted by atomic mass is 10.00. The van der Waals surface area contributed by atoms with Gasteiger partial charge in [-0.15, -0.1) is 0 Å². The number of carbonyl (C=O) groups is 1. The number of nitrogen functional groups attached to an aromatic ring is 1. The number of nitrogens with two attached hydrogens (primary N) is 1. The third-order valence-corrected chi connectivity index (χ3v) is 4.78. The van der Waals surface area contributed by atoms with Crippen LogP contribution in [0.25, 0.3) is 22.0 Å². The number of carbonyl (C=O) groups excluding carboxylic acids is 1. The van der Waals surface area contributed by atoms with Gasteiger partial charge < -0.3 is 15.4 Å². The first-order valence-electron chi connectivity index (χ1n) is 8.75. The Bertz CT molecular complexity index is 1070. The van der Waals surface area contributed by atoms with Crippen LogP contribution in [0.4, 0.5) is 10.1 Å². The number of methoxy groups -OCH3 is 1. The van der Waals surface area contributed by atoms with Crippen molar-refractivity contribution in [2.45, 2.75) is 19.9 Å². The Labute approximate surface area is 155 Å². The first-order chi connectivity index (χ1) is 13.0. The monoisotopic (exact) mass is 366 g/mol. The van der Waals surface area contributed by atoms with E-state index in [4.69, 9.17) is 15.5 Å². The zero-order valence-corrected chi connectivity index (χ0v) is 15.1. The van der Waals surface area contributed by atoms with Crippen LogP contribution in [-0.2, 0) is 6.54 Å². The molecule has 1 aliphatic rings. The summed E-state index contributed by atoms with van der Waals surface area (Å²) in [5, 5.41) is 0.675. The Balaban J connectivity index is 1.91. The lowest BCUT2D eigenvalue weighted by Gasteiger charge is -2.13. The van der Waals surface area contributed by atoms with E-state index in [2.05, 4.69) is 4.98 Å². The normalized spacial score (nSPS) is 13.3. The third-order valence-electron chi connectivity index (χ3n) is 4.78. The lowest BCUT2D eigenvalue weighted by Crippen LogP contribution is -2.24. The maximum Gasteiger partial charge on any atom is 0.258 e. The van der Waals surface area contributed by atoms with Crippen LogP contribution >= 0.6 is 0 Å². The number of rotatable bonds is 4. The Morgan fingerprint density at radius 2 is 2.19 bits per heavy atom. The van der Waals surface area contributed by atoms with Crippen molar-refractivity contribution in [2.75, 3.05) is 19.4 Å². The topological polar surface area (TPSA) is 81.3 Å². The zero-order valence-electron chi connectivity index (χ0n) is 15.1. The van der Waals surface area contributed by atoms with E-state index in [0.29, 0.717) is 52.1 Å². The van der Waals surface area contributed by atoms with E-state index in [0.717, 1.165) is 6.42 Å². The van der Waals surface area contributed by atoms with Gasteiger partial charge in [0.15, 0.2) is 5.82 Å². The average molecular weight is 366 g/mol. The molecule has 2 N–H and O–H groups in total. The average Bonchev–Trinajstić information content (AvgIpc) is 2.97. The van der Waals surface area contributed by atoms with Gasteiger partial charge in [-0.1, -0.05) is 25.1 Å². The highest BCUT2D eigenvalue weighted by molar-refractivity contribution is 6.11. The molecule has 1 amide bonds. The van der Waals surface area contributed by atoms with E-state index in [9.17, 15) is 9.18 Å². The zero-order chi connectivity index (χ0) is 19.1. The maximum atomic E-state index is 14.1. The molecule has 0 spiro atoms. The number of anilines is 1. The Kier molecular flexibility index (Phi) is 4.14. The minimum absolute atomic E-state index is 0.0619. The van der Waals surface area contributed by atoms with Crippen LogP contribution in [0.2, 0.25) is 0 Å². The maximum absolute atomic E-state index is 14.1. The number of hydrogen-bond donors (Lipinski definition) is 1. The van der Waals surface area contributed by atoms with Gasteiger partial charge in [-0.2, -0.15) is 0 Å². The SMILES string of the molecule is CCCN1Cc2nc3c(-c4cnc(OC)c(F)c4)cccc3c(N)c2C1=O. The molecular weight excluding hydrogens is 347 g/mol. The minimum Gasteiger partial charge on any atom is -0.479 e. The number of aromatic nitrogens is 2. The molecule has 0 fully saturated rings. The van der Waals surface area contributed by atoms with Gasteiger partial charge in [0.1, 0.15) is 0 Å². The van der Waals surface area contributed by atoms with Crippen molar-refractivity contribution in [2.24, 2.45) is 0 Å². The molecule has 4 rings (SSSR count). The number of fused-ring (bicyclic) bond motifs is 2. The lowest BCUT2D eigenvalue weighted by molar-refractivity contribution is 0.0779. The number of halogens is 1. The van der Waals surface area contributed by atoms with Crippen LogP contribution in [0.3, 0.4) is 0 Å². The summed E-state index contributed by atoms with van der Waals surface area (Å²) in [6, 6.07) is 6.84. The largest absolute Gasteiger partial charge is 0.479 e. The second-order valence-electron chi connectivity index (χ2n) is 6.49. The van der Waals surface area contributed by atoms with E-state index in [-0.39, 0.29) is 11.8 Å². The summed E-state index contributed by atoms with van der Waals surface area (Å²) in [6.07, 6.45) is 2.40. The molecule has 0 unspecified atom stereocenters. The second-order valence-corrected chi connectivity index (χ2v) is 6.49. The summed E-state index contributed by atoms with van der Waals surface area (Å²) in [5.74, 6) is -0.695. The molecule has 27 heavy (non-hydrogen) atoms. The molecule has 3 aromatic rings. The quantitative estimate of drug-likeness (QED) is 0.765. The van der Waals surface area contributed by atoms with Crippen molar-refractivity contribution >= 4 is 22.5 Å². The van der Waals surface area contributed by atoms with Crippen LogP contribution in [0.1, 0.15) is 29.4 Å². The van der Waals surface area contributed by atoms with Crippen molar-refractivity contribution < 1.29 is 13.9 Å². The summed E-state index contributed by atoms with van der Waals surface area (Å²) in [4.78, 5) is 23.1. The van der Waals surface area contributed by atoms with Crippen LogP contribution in [0, 0.1) is 5.82 Å². The molecule has 3 heterocycles. The Morgan fingerprint density at radius 1 is 1.37 bits per heavy atom. The Morgan fingerprint density at radius 3 is 2.89 bits per heavy atom. The molecule has 1 aliphatic heterocycles. The highest BCUT2D eigenvalue weighted by Crippen LogP contribution is 2.36. The van der Waals surface area contributed by atoms with Crippen LogP contribution in [0.15, 0.2) is 30.5 Å². The van der Waals surface area contributed by atoms with Gasteiger partial charge in [-0.25, -0.2) is 14.4 Å². The Hall–Kier alpha value is -3.22. The van der Waals surface area contributed by atoms with Crippen LogP contribution in [0.5, 0.6) is 5.88 Å². The van der Waals surface area contributed by atoms with Gasteiger partial charge in [0.05, 0.1) is 36.1 Å². The summed E-state index contributed by atoms with van der Waals surface area (Å²) in [7, 11) is 1.37. The number of hydrogen-bond acceptors (Lipinski definition) is 5. The first kappa shape index (κ1) is 17.2. The summed E-state index contributed by atoms with van der Waals surface area (Å²) < 4.78 is 19.0. The van der Waals surface area contributed by atoms with Gasteiger partial charge in [0.2, 0.25) is 5.88 Å². The summed E-state index contributed by atoms with van der Waals surface area (Å²) >= 11 is 0. The predicted molar refractivity (Wildman–Crippen MR) is 101 cm³/mol. The molecule has 0 bridgehead atoms. The van der Waals surface area contributed by atoms with E-state index >= 15 is 0 Å². The molecule has 6 nitrogen and oxygen atoms in total. The van der Waals surface area contributed by atoms with Crippen molar-refractivity contribution in [1.29, 1.82) is 0 Å². The molecular formula is C20H19FN4O2. The van der Waals surface area contributed by atoms with Crippen molar-refractivity contribution in [3.63, 3.8) is 0 Å². The molecule has 0 aliphatic carbocycles. The fourth-order valence-electron chi connectivity index (χ4n) is 3.53. The summed E-state index contributed by atoms with van der Waals surface area (Å²) in [6.45, 7) is 3.12. The minimum atomic E-state index is -0.551. The number of nitrogens with zero attached hydrogens (tertiary/aromatic N) is 3. The fraction of sp³-hybridized carbons (Fsp3) is 0.250. The molecule has 0 atom stereocenters. The fourth-order valence-corrected chi connectivity index (χ4v) is 3.53. The number of ether oxygens (including phenoxy) is 1. The molecule has 138 valence electrons. The van der Waals surface area contributed by atoms with E-state index in [1.807, 2.05) is 25.1 Å². The van der Waals surface area contributed by atoms with Gasteiger partial charge in [-0.3, -0.25) is 4.79 Å². The van der Waals surface area contributed by atoms with Crippen molar-refractivity contribution in [3.05, 3.63) is 47.5 Å². The molecule has 2 aromatic heterocycles. The van der Waals surface area contributed by atoms with E-state index in [1.54, 1.807) is 4.90 Å². The van der Waals surface area contributed by atoms with Crippen molar-refractivity contribution in [1.82, 2.24) is 14.9 Å². The molecule has 0 saturated carbocycles. The smallest absolute Gasteiger partial charge is 0.258 e. The standard InChI is InChI=1S/C20H19FN4O2/c1-3-7-25-10-15-16(20(25)26)17(22)13-6-4-5-12(18(13)24-15)11-8-14(21)19(27-2)23-9-11/h4-6,8-9H,3,7,10H2,1-2H3,(H2,22,24). The van der Waals surface area contributed by atoms with Gasteiger partial charge in [0, 0.05) is 29.3 Å². The van der Waals surface area contributed by atoms with Crippen LogP contribution in [-0.4, -0.2) is 34.4 Å². The number of amides is 1. The highest BCUT2D eigenvalue weighted by atomic mass is 19.1. The third kappa shape index (κ3) is 2.66. The highest BCUT2D eigenvalue weighted by Gasteiger charge is 2.31.